The summed E-state index contributed by atoms with van der Waals surface area (Å²) in [6.45, 7) is 7.81. The fourth-order valence-electron chi connectivity index (χ4n) is 4.59. The van der Waals surface area contributed by atoms with Gasteiger partial charge in [0.1, 0.15) is 11.4 Å². The molecule has 0 aliphatic carbocycles. The molecule has 134 valence electrons. The van der Waals surface area contributed by atoms with Crippen LogP contribution in [0.4, 0.5) is 0 Å². The number of nitrogens with zero attached hydrogens (tertiary/aromatic N) is 3. The zero-order chi connectivity index (χ0) is 17.7. The first kappa shape index (κ1) is 15.9. The van der Waals surface area contributed by atoms with Crippen LogP contribution >= 0.6 is 0 Å². The number of aromatic nitrogens is 2. The second-order valence-electron chi connectivity index (χ2n) is 7.72. The van der Waals surface area contributed by atoms with Gasteiger partial charge in [-0.25, -0.2) is 4.52 Å². The number of piperidine rings is 1. The Morgan fingerprint density at radius 3 is 2.77 bits per heavy atom. The highest BCUT2D eigenvalue weighted by Gasteiger charge is 2.41. The summed E-state index contributed by atoms with van der Waals surface area (Å²) in [5.74, 6) is 1.08. The fourth-order valence-corrected chi connectivity index (χ4v) is 4.59. The second-order valence-corrected chi connectivity index (χ2v) is 7.72. The molecule has 0 radical (unpaired) electrons. The summed E-state index contributed by atoms with van der Waals surface area (Å²) in [6.07, 6.45) is 5.15. The maximum absolute atomic E-state index is 6.46. The predicted molar refractivity (Wildman–Crippen MR) is 104 cm³/mol. The van der Waals surface area contributed by atoms with E-state index in [2.05, 4.69) is 54.2 Å². The van der Waals surface area contributed by atoms with E-state index in [9.17, 15) is 0 Å². The molecule has 0 N–H and O–H groups in total. The number of hydrogen-bond donors (Lipinski definition) is 0. The van der Waals surface area contributed by atoms with Gasteiger partial charge < -0.3 is 9.64 Å². The molecule has 0 saturated carbocycles. The molecule has 3 aromatic rings. The van der Waals surface area contributed by atoms with Gasteiger partial charge in [0.25, 0.3) is 0 Å². The van der Waals surface area contributed by atoms with E-state index < -0.39 is 0 Å². The minimum absolute atomic E-state index is 0.0214. The smallest absolute Gasteiger partial charge is 0.123 e. The van der Waals surface area contributed by atoms with Crippen LogP contribution in [-0.4, -0.2) is 39.7 Å². The Kier molecular flexibility index (Phi) is 3.57. The third kappa shape index (κ3) is 2.43. The number of aryl methyl sites for hydroxylation is 1. The number of rotatable bonds is 2. The molecule has 0 bridgehead atoms. The molecule has 0 amide bonds. The molecule has 1 spiro atoms. The lowest BCUT2D eigenvalue weighted by Crippen LogP contribution is -2.47. The SMILES string of the molecule is CCN1CCC2(CC1)Cc1cc(-c3ccc4ccnn4c3C)ccc1O2. The highest BCUT2D eigenvalue weighted by atomic mass is 16.5. The van der Waals surface area contributed by atoms with E-state index in [0.29, 0.717) is 0 Å². The molecule has 4 heterocycles. The molecule has 0 unspecified atom stereocenters. The van der Waals surface area contributed by atoms with Crippen molar-refractivity contribution in [3.8, 4) is 16.9 Å². The van der Waals surface area contributed by atoms with Crippen molar-refractivity contribution in [2.45, 2.75) is 38.7 Å². The third-order valence-corrected chi connectivity index (χ3v) is 6.23. The second kappa shape index (κ2) is 5.85. The summed E-state index contributed by atoms with van der Waals surface area (Å²) in [6, 6.07) is 13.1. The van der Waals surface area contributed by atoms with Crippen molar-refractivity contribution in [2.24, 2.45) is 0 Å². The van der Waals surface area contributed by atoms with Gasteiger partial charge in [0, 0.05) is 49.8 Å². The molecule has 2 aromatic heterocycles. The monoisotopic (exact) mass is 347 g/mol. The van der Waals surface area contributed by atoms with Gasteiger partial charge in [-0.3, -0.25) is 0 Å². The number of benzene rings is 1. The Balaban J connectivity index is 1.47. The van der Waals surface area contributed by atoms with Crippen molar-refractivity contribution in [2.75, 3.05) is 19.6 Å². The summed E-state index contributed by atoms with van der Waals surface area (Å²) < 4.78 is 8.48. The number of hydrogen-bond acceptors (Lipinski definition) is 3. The molecule has 2 aliphatic heterocycles. The van der Waals surface area contributed by atoms with Gasteiger partial charge in [-0.15, -0.1) is 0 Å². The first-order valence-corrected chi connectivity index (χ1v) is 9.65. The van der Waals surface area contributed by atoms with Crippen molar-refractivity contribution in [1.82, 2.24) is 14.5 Å². The Bertz CT molecular complexity index is 967. The van der Waals surface area contributed by atoms with Crippen LogP contribution in [0, 0.1) is 6.92 Å². The molecule has 0 atom stereocenters. The zero-order valence-corrected chi connectivity index (χ0v) is 15.5. The normalized spacial score (nSPS) is 19.0. The highest BCUT2D eigenvalue weighted by Crippen LogP contribution is 2.42. The summed E-state index contributed by atoms with van der Waals surface area (Å²) in [4.78, 5) is 2.52. The standard InChI is InChI=1S/C22H25N3O/c1-3-24-12-9-22(10-13-24)15-18-14-17(4-7-21(18)26-22)20-6-5-19-8-11-23-25(19)16(20)2/h4-8,11,14H,3,9-10,12-13,15H2,1-2H3. The maximum Gasteiger partial charge on any atom is 0.123 e. The first-order chi connectivity index (χ1) is 12.7. The van der Waals surface area contributed by atoms with Gasteiger partial charge in [-0.05, 0) is 48.9 Å². The van der Waals surface area contributed by atoms with E-state index in [1.54, 1.807) is 0 Å². The Morgan fingerprint density at radius 2 is 1.96 bits per heavy atom. The summed E-state index contributed by atoms with van der Waals surface area (Å²) in [5, 5.41) is 4.45. The average Bonchev–Trinajstić information content (AvgIpc) is 3.27. The molecule has 26 heavy (non-hydrogen) atoms. The minimum Gasteiger partial charge on any atom is -0.487 e. The summed E-state index contributed by atoms with van der Waals surface area (Å²) in [7, 11) is 0. The van der Waals surface area contributed by atoms with E-state index in [-0.39, 0.29) is 5.60 Å². The molecule has 1 saturated heterocycles. The van der Waals surface area contributed by atoms with Crippen LogP contribution in [0.2, 0.25) is 0 Å². The van der Waals surface area contributed by atoms with E-state index in [0.717, 1.165) is 50.2 Å². The van der Waals surface area contributed by atoms with Crippen LogP contribution in [0.5, 0.6) is 5.75 Å². The van der Waals surface area contributed by atoms with E-state index in [1.165, 1.54) is 22.4 Å². The topological polar surface area (TPSA) is 29.8 Å². The zero-order valence-electron chi connectivity index (χ0n) is 15.5. The lowest BCUT2D eigenvalue weighted by atomic mass is 9.86. The van der Waals surface area contributed by atoms with Crippen LogP contribution in [0.1, 0.15) is 31.0 Å². The third-order valence-electron chi connectivity index (χ3n) is 6.23. The van der Waals surface area contributed by atoms with Gasteiger partial charge in [0.15, 0.2) is 0 Å². The van der Waals surface area contributed by atoms with Crippen molar-refractivity contribution in [3.63, 3.8) is 0 Å². The maximum atomic E-state index is 6.46. The van der Waals surface area contributed by atoms with Gasteiger partial charge >= 0.3 is 0 Å². The quantitative estimate of drug-likeness (QED) is 0.699. The lowest BCUT2D eigenvalue weighted by molar-refractivity contribution is 0.0211. The Labute approximate surface area is 154 Å². The van der Waals surface area contributed by atoms with E-state index >= 15 is 0 Å². The van der Waals surface area contributed by atoms with Crippen molar-refractivity contribution in [3.05, 3.63) is 53.9 Å². The molecule has 5 rings (SSSR count). The Morgan fingerprint density at radius 1 is 1.12 bits per heavy atom. The van der Waals surface area contributed by atoms with Crippen LogP contribution in [-0.2, 0) is 6.42 Å². The van der Waals surface area contributed by atoms with Crippen LogP contribution in [0.15, 0.2) is 42.6 Å². The number of likely N-dealkylation sites (tertiary alicyclic amines) is 1. The molecular formula is C22H25N3O. The number of fused-ring (bicyclic) bond motifs is 2. The van der Waals surface area contributed by atoms with Crippen molar-refractivity contribution >= 4 is 5.52 Å². The summed E-state index contributed by atoms with van der Waals surface area (Å²) in [5.41, 5.74) is 6.19. The van der Waals surface area contributed by atoms with Crippen molar-refractivity contribution < 1.29 is 4.74 Å². The van der Waals surface area contributed by atoms with E-state index in [1.807, 2.05) is 16.8 Å². The average molecular weight is 347 g/mol. The molecule has 2 aliphatic rings. The van der Waals surface area contributed by atoms with Gasteiger partial charge in [0.05, 0.1) is 5.52 Å². The minimum atomic E-state index is 0.0214. The predicted octanol–water partition coefficient (Wildman–Crippen LogP) is 4.10. The van der Waals surface area contributed by atoms with E-state index in [4.69, 9.17) is 4.74 Å². The Hall–Kier alpha value is -2.33. The van der Waals surface area contributed by atoms with Crippen molar-refractivity contribution in [1.29, 1.82) is 0 Å². The van der Waals surface area contributed by atoms with Crippen LogP contribution in [0.3, 0.4) is 0 Å². The van der Waals surface area contributed by atoms with Crippen LogP contribution in [0.25, 0.3) is 16.6 Å². The fraction of sp³-hybridized carbons (Fsp3) is 0.409. The molecule has 4 heteroatoms. The van der Waals surface area contributed by atoms with Gasteiger partial charge in [-0.1, -0.05) is 19.1 Å². The first-order valence-electron chi connectivity index (χ1n) is 9.65. The van der Waals surface area contributed by atoms with Crippen LogP contribution < -0.4 is 4.74 Å². The highest BCUT2D eigenvalue weighted by molar-refractivity contribution is 5.70. The molecule has 1 aromatic carbocycles. The lowest BCUT2D eigenvalue weighted by Gasteiger charge is -2.38. The van der Waals surface area contributed by atoms with Gasteiger partial charge in [0.2, 0.25) is 0 Å². The van der Waals surface area contributed by atoms with Gasteiger partial charge in [-0.2, -0.15) is 5.10 Å². The number of pyridine rings is 1. The molecule has 4 nitrogen and oxygen atoms in total. The number of ether oxygens (including phenoxy) is 1. The molecular weight excluding hydrogens is 322 g/mol. The largest absolute Gasteiger partial charge is 0.487 e. The molecule has 1 fully saturated rings. The summed E-state index contributed by atoms with van der Waals surface area (Å²) >= 11 is 0.